The van der Waals surface area contributed by atoms with E-state index in [1.807, 2.05) is 24.3 Å². The van der Waals surface area contributed by atoms with Crippen LogP contribution in [0.1, 0.15) is 12.0 Å². The van der Waals surface area contributed by atoms with Gasteiger partial charge in [0.2, 0.25) is 0 Å². The molecular weight excluding hydrogens is 269 g/mol. The van der Waals surface area contributed by atoms with E-state index in [0.29, 0.717) is 13.1 Å². The fourth-order valence-electron chi connectivity index (χ4n) is 2.58. The average Bonchev–Trinajstić information content (AvgIpc) is 2.42. The van der Waals surface area contributed by atoms with Crippen molar-refractivity contribution in [2.24, 2.45) is 5.73 Å². The van der Waals surface area contributed by atoms with Crippen LogP contribution >= 0.6 is 0 Å². The Morgan fingerprint density at radius 3 is 2.75 bits per heavy atom. The summed E-state index contributed by atoms with van der Waals surface area (Å²) in [5.74, 6) is 0. The van der Waals surface area contributed by atoms with E-state index in [9.17, 15) is 13.2 Å². The first-order valence-corrected chi connectivity index (χ1v) is 6.70. The van der Waals surface area contributed by atoms with Gasteiger partial charge in [-0.2, -0.15) is 13.2 Å². The molecule has 20 heavy (non-hydrogen) atoms. The fourth-order valence-corrected chi connectivity index (χ4v) is 2.58. The summed E-state index contributed by atoms with van der Waals surface area (Å²) >= 11 is 0. The van der Waals surface area contributed by atoms with Crippen LogP contribution < -0.4 is 10.6 Å². The summed E-state index contributed by atoms with van der Waals surface area (Å²) < 4.78 is 40.8. The zero-order chi connectivity index (χ0) is 14.6. The SMILES string of the molecule is NCC1CCc2ccccc2N1CCOCC(F)(F)F. The Balaban J connectivity index is 1.97. The number of hydrogen-bond donors (Lipinski definition) is 1. The van der Waals surface area contributed by atoms with Gasteiger partial charge in [-0.15, -0.1) is 0 Å². The normalized spacial score (nSPS) is 19.0. The van der Waals surface area contributed by atoms with E-state index in [0.717, 1.165) is 18.5 Å². The van der Waals surface area contributed by atoms with Crippen LogP contribution in [-0.2, 0) is 11.2 Å². The molecule has 1 aromatic carbocycles. The van der Waals surface area contributed by atoms with Crippen LogP contribution in [0.4, 0.5) is 18.9 Å². The smallest absolute Gasteiger partial charge is 0.370 e. The lowest BCUT2D eigenvalue weighted by Gasteiger charge is -2.38. The van der Waals surface area contributed by atoms with E-state index >= 15 is 0 Å². The van der Waals surface area contributed by atoms with Crippen LogP contribution in [0.25, 0.3) is 0 Å². The third-order valence-electron chi connectivity index (χ3n) is 3.50. The van der Waals surface area contributed by atoms with Crippen molar-refractivity contribution in [2.75, 3.05) is 31.2 Å². The van der Waals surface area contributed by atoms with Gasteiger partial charge in [0.05, 0.1) is 6.61 Å². The zero-order valence-electron chi connectivity index (χ0n) is 11.2. The minimum Gasteiger partial charge on any atom is -0.370 e. The maximum absolute atomic E-state index is 12.0. The predicted molar refractivity (Wildman–Crippen MR) is 71.8 cm³/mol. The second kappa shape index (κ2) is 6.45. The number of benzene rings is 1. The lowest BCUT2D eigenvalue weighted by Crippen LogP contribution is -2.45. The van der Waals surface area contributed by atoms with Gasteiger partial charge >= 0.3 is 6.18 Å². The molecule has 1 aromatic rings. The molecular formula is C14H19F3N2O. The molecule has 2 rings (SSSR count). The number of para-hydroxylation sites is 1. The molecule has 0 radical (unpaired) electrons. The van der Waals surface area contributed by atoms with Crippen LogP contribution in [0.3, 0.4) is 0 Å². The first kappa shape index (κ1) is 15.1. The molecule has 6 heteroatoms. The number of anilines is 1. The van der Waals surface area contributed by atoms with Gasteiger partial charge in [0.15, 0.2) is 0 Å². The van der Waals surface area contributed by atoms with Gasteiger partial charge in [-0.3, -0.25) is 0 Å². The third-order valence-corrected chi connectivity index (χ3v) is 3.50. The monoisotopic (exact) mass is 288 g/mol. The summed E-state index contributed by atoms with van der Waals surface area (Å²) in [4.78, 5) is 2.06. The first-order chi connectivity index (χ1) is 9.51. The molecule has 1 aliphatic rings. The van der Waals surface area contributed by atoms with Gasteiger partial charge < -0.3 is 15.4 Å². The first-order valence-electron chi connectivity index (χ1n) is 6.70. The summed E-state index contributed by atoms with van der Waals surface area (Å²) in [6.45, 7) is -0.233. The molecule has 1 unspecified atom stereocenters. The minimum absolute atomic E-state index is 0.0460. The van der Waals surface area contributed by atoms with Gasteiger partial charge in [-0.05, 0) is 24.5 Å². The second-order valence-electron chi connectivity index (χ2n) is 4.92. The maximum atomic E-state index is 12.0. The molecule has 1 atom stereocenters. The quantitative estimate of drug-likeness (QED) is 0.845. The van der Waals surface area contributed by atoms with Crippen molar-refractivity contribution >= 4 is 5.69 Å². The van der Waals surface area contributed by atoms with Gasteiger partial charge in [0.25, 0.3) is 0 Å². The van der Waals surface area contributed by atoms with Crippen molar-refractivity contribution in [1.29, 1.82) is 0 Å². The number of alkyl halides is 3. The Morgan fingerprint density at radius 2 is 2.05 bits per heavy atom. The van der Waals surface area contributed by atoms with Crippen molar-refractivity contribution in [1.82, 2.24) is 0 Å². The predicted octanol–water partition coefficient (Wildman–Crippen LogP) is 2.35. The van der Waals surface area contributed by atoms with Gasteiger partial charge in [0, 0.05) is 24.8 Å². The van der Waals surface area contributed by atoms with Crippen LogP contribution in [0.15, 0.2) is 24.3 Å². The van der Waals surface area contributed by atoms with E-state index in [-0.39, 0.29) is 12.6 Å². The number of ether oxygens (including phenoxy) is 1. The maximum Gasteiger partial charge on any atom is 0.411 e. The highest BCUT2D eigenvalue weighted by Gasteiger charge is 2.28. The van der Waals surface area contributed by atoms with E-state index in [2.05, 4.69) is 4.90 Å². The molecule has 0 bridgehead atoms. The van der Waals surface area contributed by atoms with E-state index in [1.165, 1.54) is 5.56 Å². The minimum atomic E-state index is -4.27. The molecule has 0 saturated carbocycles. The van der Waals surface area contributed by atoms with E-state index in [4.69, 9.17) is 10.5 Å². The van der Waals surface area contributed by atoms with Crippen molar-refractivity contribution in [3.05, 3.63) is 29.8 Å². The van der Waals surface area contributed by atoms with Crippen LogP contribution in [0.5, 0.6) is 0 Å². The fraction of sp³-hybridized carbons (Fsp3) is 0.571. The average molecular weight is 288 g/mol. The summed E-state index contributed by atoms with van der Waals surface area (Å²) in [5, 5.41) is 0. The number of aryl methyl sites for hydroxylation is 1. The Hall–Kier alpha value is -1.27. The number of nitrogens with two attached hydrogens (primary N) is 1. The topological polar surface area (TPSA) is 38.5 Å². The number of hydrogen-bond acceptors (Lipinski definition) is 3. The number of halogens is 3. The highest BCUT2D eigenvalue weighted by Crippen LogP contribution is 2.29. The highest BCUT2D eigenvalue weighted by atomic mass is 19.4. The Kier molecular flexibility index (Phi) is 4.88. The number of rotatable bonds is 5. The van der Waals surface area contributed by atoms with Gasteiger partial charge in [-0.1, -0.05) is 18.2 Å². The molecule has 0 amide bonds. The van der Waals surface area contributed by atoms with Gasteiger partial charge in [0.1, 0.15) is 6.61 Å². The Bertz CT molecular complexity index is 437. The van der Waals surface area contributed by atoms with Crippen molar-refractivity contribution in [3.8, 4) is 0 Å². The second-order valence-corrected chi connectivity index (χ2v) is 4.92. The van der Waals surface area contributed by atoms with Crippen LogP contribution in [-0.4, -0.2) is 38.5 Å². The molecule has 0 aliphatic carbocycles. The molecule has 3 nitrogen and oxygen atoms in total. The molecule has 1 heterocycles. The molecule has 0 spiro atoms. The molecule has 1 aliphatic heterocycles. The van der Waals surface area contributed by atoms with E-state index in [1.54, 1.807) is 0 Å². The molecule has 0 saturated heterocycles. The third kappa shape index (κ3) is 3.86. The standard InChI is InChI=1S/C14H19F3N2O/c15-14(16,17)10-20-8-7-19-12(9-18)6-5-11-3-1-2-4-13(11)19/h1-4,12H,5-10,18H2. The lowest BCUT2D eigenvalue weighted by molar-refractivity contribution is -0.173. The summed E-state index contributed by atoms with van der Waals surface area (Å²) in [7, 11) is 0. The molecule has 112 valence electrons. The number of fused-ring (bicyclic) bond motifs is 1. The van der Waals surface area contributed by atoms with Crippen LogP contribution in [0, 0.1) is 0 Å². The summed E-state index contributed by atoms with van der Waals surface area (Å²) in [5.41, 5.74) is 8.04. The van der Waals surface area contributed by atoms with E-state index < -0.39 is 12.8 Å². The lowest BCUT2D eigenvalue weighted by atomic mass is 9.96. The Labute approximate surface area is 116 Å². The number of nitrogens with zero attached hydrogens (tertiary/aromatic N) is 1. The van der Waals surface area contributed by atoms with Crippen molar-refractivity contribution < 1.29 is 17.9 Å². The molecule has 0 aromatic heterocycles. The molecule has 2 N–H and O–H groups in total. The largest absolute Gasteiger partial charge is 0.411 e. The molecule has 0 fully saturated rings. The Morgan fingerprint density at radius 1 is 1.30 bits per heavy atom. The van der Waals surface area contributed by atoms with Crippen LogP contribution in [0.2, 0.25) is 0 Å². The summed E-state index contributed by atoms with van der Waals surface area (Å²) in [6, 6.07) is 8.10. The summed E-state index contributed by atoms with van der Waals surface area (Å²) in [6.07, 6.45) is -2.39. The highest BCUT2D eigenvalue weighted by molar-refractivity contribution is 5.56. The zero-order valence-corrected chi connectivity index (χ0v) is 11.2. The van der Waals surface area contributed by atoms with Crippen molar-refractivity contribution in [3.63, 3.8) is 0 Å². The van der Waals surface area contributed by atoms with Gasteiger partial charge in [-0.25, -0.2) is 0 Å². The van der Waals surface area contributed by atoms with Crippen molar-refractivity contribution in [2.45, 2.75) is 25.1 Å².